The number of anilines is 1. The van der Waals surface area contributed by atoms with E-state index in [0.717, 1.165) is 11.1 Å². The molecule has 18 heavy (non-hydrogen) atoms. The zero-order chi connectivity index (χ0) is 13.6. The molecular weight excluding hydrogens is 230 g/mol. The first-order valence-corrected chi connectivity index (χ1v) is 6.05. The Morgan fingerprint density at radius 1 is 1.22 bits per heavy atom. The van der Waals surface area contributed by atoms with Crippen LogP contribution in [-0.4, -0.2) is 16.2 Å². The van der Waals surface area contributed by atoms with E-state index >= 15 is 0 Å². The van der Waals surface area contributed by atoms with Crippen molar-refractivity contribution in [1.82, 2.24) is 4.98 Å². The van der Waals surface area contributed by atoms with Crippen LogP contribution < -0.4 is 11.3 Å². The van der Waals surface area contributed by atoms with E-state index < -0.39 is 6.29 Å². The molecule has 0 aromatic carbocycles. The quantitative estimate of drug-likeness (QED) is 0.623. The van der Waals surface area contributed by atoms with Gasteiger partial charge in [0.05, 0.1) is 16.8 Å². The van der Waals surface area contributed by atoms with Gasteiger partial charge >= 0.3 is 0 Å². The van der Waals surface area contributed by atoms with Crippen molar-refractivity contribution in [3.8, 4) is 0 Å². The molecule has 0 aliphatic carbocycles. The Kier molecular flexibility index (Phi) is 3.09. The average Bonchev–Trinajstić information content (AvgIpc) is 2.48. The third-order valence-electron chi connectivity index (χ3n) is 3.70. The summed E-state index contributed by atoms with van der Waals surface area (Å²) in [4.78, 5) is 4.24. The molecule has 1 aromatic rings. The molecule has 0 unspecified atom stereocenters. The summed E-state index contributed by atoms with van der Waals surface area (Å²) in [6, 6.07) is 1.98. The lowest BCUT2D eigenvalue weighted by atomic mass is 9.90. The van der Waals surface area contributed by atoms with Gasteiger partial charge in [-0.1, -0.05) is 0 Å². The van der Waals surface area contributed by atoms with Gasteiger partial charge in [0, 0.05) is 6.20 Å². The van der Waals surface area contributed by atoms with Gasteiger partial charge in [-0.2, -0.15) is 0 Å². The lowest BCUT2D eigenvalue weighted by Gasteiger charge is -2.30. The number of ether oxygens (including phenoxy) is 2. The number of aromatic nitrogens is 1. The molecule has 0 amide bonds. The van der Waals surface area contributed by atoms with Gasteiger partial charge < -0.3 is 14.9 Å². The summed E-state index contributed by atoms with van der Waals surface area (Å²) >= 11 is 0. The number of hydrogen-bond donors (Lipinski definition) is 2. The molecule has 1 aliphatic heterocycles. The lowest BCUT2D eigenvalue weighted by molar-refractivity contribution is -0.0892. The highest BCUT2D eigenvalue weighted by molar-refractivity contribution is 5.45. The van der Waals surface area contributed by atoms with E-state index in [9.17, 15) is 0 Å². The highest BCUT2D eigenvalue weighted by Crippen LogP contribution is 2.45. The molecule has 3 N–H and O–H groups in total. The van der Waals surface area contributed by atoms with Gasteiger partial charge in [0.25, 0.3) is 0 Å². The molecule has 2 heterocycles. The van der Waals surface area contributed by atoms with Gasteiger partial charge in [0.1, 0.15) is 5.82 Å². The highest BCUT2D eigenvalue weighted by atomic mass is 16.7. The second-order valence-electron chi connectivity index (χ2n) is 5.68. The van der Waals surface area contributed by atoms with E-state index in [0.29, 0.717) is 5.82 Å². The number of pyridine rings is 1. The maximum atomic E-state index is 5.99. The number of nitrogens with zero attached hydrogens (tertiary/aromatic N) is 1. The smallest absolute Gasteiger partial charge is 0.188 e. The van der Waals surface area contributed by atoms with E-state index in [-0.39, 0.29) is 11.2 Å². The van der Waals surface area contributed by atoms with E-state index in [1.165, 1.54) is 0 Å². The first kappa shape index (κ1) is 13.3. The molecule has 0 atom stereocenters. The van der Waals surface area contributed by atoms with Crippen LogP contribution in [0.15, 0.2) is 12.3 Å². The molecule has 0 radical (unpaired) electrons. The van der Waals surface area contributed by atoms with Crippen LogP contribution in [0.25, 0.3) is 0 Å². The minimum Gasteiger partial charge on any atom is -0.339 e. The summed E-state index contributed by atoms with van der Waals surface area (Å²) < 4.78 is 12.0. The van der Waals surface area contributed by atoms with Crippen LogP contribution in [0.2, 0.25) is 0 Å². The van der Waals surface area contributed by atoms with Crippen LogP contribution >= 0.6 is 0 Å². The Labute approximate surface area is 108 Å². The topological polar surface area (TPSA) is 69.4 Å². The minimum absolute atomic E-state index is 0.368. The maximum absolute atomic E-state index is 5.99. The molecule has 5 nitrogen and oxygen atoms in total. The van der Waals surface area contributed by atoms with Gasteiger partial charge in [-0.3, -0.25) is 0 Å². The summed E-state index contributed by atoms with van der Waals surface area (Å²) in [5.41, 5.74) is 3.72. The average molecular weight is 251 g/mol. The van der Waals surface area contributed by atoms with Gasteiger partial charge in [0.15, 0.2) is 6.29 Å². The number of nitrogen functional groups attached to an aromatic ring is 1. The fraction of sp³-hybridized carbons (Fsp3) is 0.615. The lowest BCUT2D eigenvalue weighted by Crippen LogP contribution is -2.41. The Balaban J connectivity index is 2.37. The van der Waals surface area contributed by atoms with Crippen LogP contribution in [0.1, 0.15) is 45.1 Å². The molecule has 0 bridgehead atoms. The van der Waals surface area contributed by atoms with Crippen molar-refractivity contribution in [3.63, 3.8) is 0 Å². The number of nitrogens with two attached hydrogens (primary N) is 1. The second-order valence-corrected chi connectivity index (χ2v) is 5.68. The largest absolute Gasteiger partial charge is 0.339 e. The zero-order valence-electron chi connectivity index (χ0n) is 11.6. The van der Waals surface area contributed by atoms with Gasteiger partial charge in [-0.05, 0) is 46.2 Å². The van der Waals surface area contributed by atoms with E-state index in [4.69, 9.17) is 15.3 Å². The summed E-state index contributed by atoms with van der Waals surface area (Å²) in [7, 11) is 0. The first-order chi connectivity index (χ1) is 8.27. The van der Waals surface area contributed by atoms with Crippen molar-refractivity contribution in [2.45, 2.75) is 52.1 Å². The molecule has 1 fully saturated rings. The van der Waals surface area contributed by atoms with Crippen molar-refractivity contribution in [3.05, 3.63) is 23.4 Å². The monoisotopic (exact) mass is 251 g/mol. The molecule has 1 aromatic heterocycles. The maximum Gasteiger partial charge on any atom is 0.188 e. The number of hydrazine groups is 1. The van der Waals surface area contributed by atoms with Crippen molar-refractivity contribution < 1.29 is 9.47 Å². The van der Waals surface area contributed by atoms with Gasteiger partial charge in [0.2, 0.25) is 0 Å². The van der Waals surface area contributed by atoms with Crippen LogP contribution in [0.3, 0.4) is 0 Å². The van der Waals surface area contributed by atoms with Crippen LogP contribution in [0.5, 0.6) is 0 Å². The Morgan fingerprint density at radius 3 is 2.28 bits per heavy atom. The fourth-order valence-electron chi connectivity index (χ4n) is 1.86. The number of rotatable bonds is 2. The molecule has 1 saturated heterocycles. The number of hydrogen-bond acceptors (Lipinski definition) is 5. The van der Waals surface area contributed by atoms with Crippen LogP contribution in [0.4, 0.5) is 5.82 Å². The molecule has 5 heteroatoms. The number of aryl methyl sites for hydroxylation is 1. The van der Waals surface area contributed by atoms with Crippen molar-refractivity contribution in [1.29, 1.82) is 0 Å². The minimum atomic E-state index is -0.451. The molecule has 0 saturated carbocycles. The predicted molar refractivity (Wildman–Crippen MR) is 69.9 cm³/mol. The third-order valence-corrected chi connectivity index (χ3v) is 3.70. The van der Waals surface area contributed by atoms with E-state index in [1.807, 2.05) is 40.7 Å². The standard InChI is InChI=1S/C13H21N3O2/c1-8-6-9(10(16-14)15-7-8)11-17-12(2,3)13(4,5)18-11/h6-7,11H,14H2,1-5H3,(H,15,16). The van der Waals surface area contributed by atoms with Crippen LogP contribution in [0, 0.1) is 6.92 Å². The molecule has 1 aliphatic rings. The summed E-state index contributed by atoms with van der Waals surface area (Å²) in [5.74, 6) is 6.06. The van der Waals surface area contributed by atoms with Crippen molar-refractivity contribution in [2.24, 2.45) is 5.84 Å². The fourth-order valence-corrected chi connectivity index (χ4v) is 1.86. The van der Waals surface area contributed by atoms with Crippen LogP contribution in [-0.2, 0) is 9.47 Å². The Morgan fingerprint density at radius 2 is 1.78 bits per heavy atom. The summed E-state index contributed by atoms with van der Waals surface area (Å²) in [6.07, 6.45) is 1.30. The predicted octanol–water partition coefficient (Wildman–Crippen LogP) is 2.28. The Hall–Kier alpha value is -1.17. The molecular formula is C13H21N3O2. The molecule has 2 rings (SSSR count). The van der Waals surface area contributed by atoms with E-state index in [1.54, 1.807) is 6.20 Å². The SMILES string of the molecule is Cc1cnc(NN)c(C2OC(C)(C)C(C)(C)O2)c1. The van der Waals surface area contributed by atoms with Gasteiger partial charge in [-0.15, -0.1) is 0 Å². The number of nitrogens with one attached hydrogen (secondary N) is 1. The third kappa shape index (κ3) is 2.09. The van der Waals surface area contributed by atoms with Crippen molar-refractivity contribution >= 4 is 5.82 Å². The normalized spacial score (nSPS) is 22.1. The second kappa shape index (κ2) is 4.19. The zero-order valence-corrected chi connectivity index (χ0v) is 11.6. The summed E-state index contributed by atoms with van der Waals surface area (Å²) in [5, 5.41) is 0. The highest BCUT2D eigenvalue weighted by Gasteiger charge is 2.50. The van der Waals surface area contributed by atoms with E-state index in [2.05, 4.69) is 10.4 Å². The molecule has 100 valence electrons. The van der Waals surface area contributed by atoms with Crippen molar-refractivity contribution in [2.75, 3.05) is 5.43 Å². The summed E-state index contributed by atoms with van der Waals surface area (Å²) in [6.45, 7) is 10.1. The molecule has 0 spiro atoms. The first-order valence-electron chi connectivity index (χ1n) is 6.05. The van der Waals surface area contributed by atoms with Gasteiger partial charge in [-0.25, -0.2) is 10.8 Å². The Bertz CT molecular complexity index is 442.